The second kappa shape index (κ2) is 6.34. The predicted molar refractivity (Wildman–Crippen MR) is 72.5 cm³/mol. The molecule has 102 valence electrons. The van der Waals surface area contributed by atoms with Crippen molar-refractivity contribution >= 4 is 0 Å². The number of rotatable bonds is 8. The van der Waals surface area contributed by atoms with Gasteiger partial charge in [0, 0.05) is 37.0 Å². The molecule has 0 bridgehead atoms. The molecule has 1 fully saturated rings. The Morgan fingerprint density at radius 3 is 2.72 bits per heavy atom. The van der Waals surface area contributed by atoms with E-state index in [4.69, 9.17) is 5.11 Å². The van der Waals surface area contributed by atoms with Crippen molar-refractivity contribution in [3.05, 3.63) is 17.0 Å². The zero-order valence-electron chi connectivity index (χ0n) is 11.6. The SMILES string of the molecule is Cc1nn(CCCCCO)c(C)c1CNC1CC1. The topological polar surface area (TPSA) is 50.1 Å². The Balaban J connectivity index is 1.87. The zero-order chi connectivity index (χ0) is 13.0. The van der Waals surface area contributed by atoms with E-state index in [9.17, 15) is 0 Å². The quantitative estimate of drug-likeness (QED) is 0.694. The zero-order valence-corrected chi connectivity index (χ0v) is 11.6. The van der Waals surface area contributed by atoms with Gasteiger partial charge in [0.15, 0.2) is 0 Å². The summed E-state index contributed by atoms with van der Waals surface area (Å²) >= 11 is 0. The highest BCUT2D eigenvalue weighted by molar-refractivity contribution is 5.24. The van der Waals surface area contributed by atoms with Gasteiger partial charge in [0.25, 0.3) is 0 Å². The number of hydrogen-bond acceptors (Lipinski definition) is 3. The van der Waals surface area contributed by atoms with Gasteiger partial charge < -0.3 is 10.4 Å². The molecule has 2 N–H and O–H groups in total. The molecule has 18 heavy (non-hydrogen) atoms. The molecular weight excluding hydrogens is 226 g/mol. The van der Waals surface area contributed by atoms with E-state index >= 15 is 0 Å². The van der Waals surface area contributed by atoms with Crippen LogP contribution >= 0.6 is 0 Å². The lowest BCUT2D eigenvalue weighted by Crippen LogP contribution is -2.16. The summed E-state index contributed by atoms with van der Waals surface area (Å²) in [6.45, 7) is 6.49. The lowest BCUT2D eigenvalue weighted by Gasteiger charge is -2.06. The summed E-state index contributed by atoms with van der Waals surface area (Å²) in [6.07, 6.45) is 5.72. The van der Waals surface area contributed by atoms with Gasteiger partial charge in [-0.05, 0) is 46.0 Å². The summed E-state index contributed by atoms with van der Waals surface area (Å²) in [5.74, 6) is 0. The third-order valence-electron chi connectivity index (χ3n) is 3.70. The maximum Gasteiger partial charge on any atom is 0.0641 e. The monoisotopic (exact) mass is 251 g/mol. The number of nitrogens with one attached hydrogen (secondary N) is 1. The number of aliphatic hydroxyl groups is 1. The molecule has 1 aliphatic carbocycles. The first-order valence-electron chi connectivity index (χ1n) is 7.09. The van der Waals surface area contributed by atoms with Crippen molar-refractivity contribution in [1.29, 1.82) is 0 Å². The van der Waals surface area contributed by atoms with E-state index in [1.807, 2.05) is 0 Å². The summed E-state index contributed by atoms with van der Waals surface area (Å²) in [6, 6.07) is 0.747. The van der Waals surface area contributed by atoms with Gasteiger partial charge in [-0.1, -0.05) is 0 Å². The van der Waals surface area contributed by atoms with Gasteiger partial charge in [0.05, 0.1) is 5.69 Å². The van der Waals surface area contributed by atoms with Crippen molar-refractivity contribution in [2.75, 3.05) is 6.61 Å². The fourth-order valence-electron chi connectivity index (χ4n) is 2.29. The molecule has 1 aromatic heterocycles. The lowest BCUT2D eigenvalue weighted by atomic mass is 10.2. The van der Waals surface area contributed by atoms with Crippen LogP contribution in [0, 0.1) is 13.8 Å². The van der Waals surface area contributed by atoms with E-state index in [0.717, 1.165) is 44.1 Å². The molecule has 1 aliphatic rings. The number of unbranched alkanes of at least 4 members (excludes halogenated alkanes) is 2. The summed E-state index contributed by atoms with van der Waals surface area (Å²) in [4.78, 5) is 0. The molecule has 0 aromatic carbocycles. The second-order valence-electron chi connectivity index (χ2n) is 5.31. The number of aromatic nitrogens is 2. The van der Waals surface area contributed by atoms with Crippen LogP contribution in [0.1, 0.15) is 49.1 Å². The average molecular weight is 251 g/mol. The largest absolute Gasteiger partial charge is 0.396 e. The normalized spacial score (nSPS) is 15.3. The average Bonchev–Trinajstić information content (AvgIpc) is 3.13. The van der Waals surface area contributed by atoms with Crippen molar-refractivity contribution in [3.8, 4) is 0 Å². The molecule has 1 saturated carbocycles. The molecule has 0 saturated heterocycles. The van der Waals surface area contributed by atoms with Crippen molar-refractivity contribution in [2.24, 2.45) is 0 Å². The van der Waals surface area contributed by atoms with Crippen LogP contribution in [0.4, 0.5) is 0 Å². The lowest BCUT2D eigenvalue weighted by molar-refractivity contribution is 0.281. The molecule has 0 amide bonds. The van der Waals surface area contributed by atoms with Gasteiger partial charge in [-0.15, -0.1) is 0 Å². The molecule has 1 heterocycles. The first-order chi connectivity index (χ1) is 8.72. The van der Waals surface area contributed by atoms with Crippen LogP contribution in [0.2, 0.25) is 0 Å². The first kappa shape index (κ1) is 13.6. The molecule has 0 radical (unpaired) electrons. The van der Waals surface area contributed by atoms with E-state index in [1.54, 1.807) is 0 Å². The van der Waals surface area contributed by atoms with Crippen molar-refractivity contribution in [2.45, 2.75) is 65.1 Å². The van der Waals surface area contributed by atoms with Crippen LogP contribution in [0.15, 0.2) is 0 Å². The predicted octanol–water partition coefficient (Wildman–Crippen LogP) is 1.91. The van der Waals surface area contributed by atoms with Crippen LogP contribution in [-0.2, 0) is 13.1 Å². The molecule has 0 unspecified atom stereocenters. The highest BCUT2D eigenvalue weighted by Crippen LogP contribution is 2.21. The van der Waals surface area contributed by atoms with Gasteiger partial charge in [0.1, 0.15) is 0 Å². The Morgan fingerprint density at radius 2 is 2.06 bits per heavy atom. The summed E-state index contributed by atoms with van der Waals surface area (Å²) in [5.41, 5.74) is 3.82. The smallest absolute Gasteiger partial charge is 0.0641 e. The highest BCUT2D eigenvalue weighted by atomic mass is 16.2. The van der Waals surface area contributed by atoms with Crippen molar-refractivity contribution in [1.82, 2.24) is 15.1 Å². The van der Waals surface area contributed by atoms with Gasteiger partial charge in [0.2, 0.25) is 0 Å². The van der Waals surface area contributed by atoms with Crippen molar-refractivity contribution in [3.63, 3.8) is 0 Å². The molecule has 0 aliphatic heterocycles. The standard InChI is InChI=1S/C14H25N3O/c1-11-14(10-15-13-6-7-13)12(2)17(16-11)8-4-3-5-9-18/h13,15,18H,3-10H2,1-2H3. The summed E-state index contributed by atoms with van der Waals surface area (Å²) in [5, 5.41) is 16.9. The van der Waals surface area contributed by atoms with E-state index in [-0.39, 0.29) is 0 Å². The molecule has 1 aromatic rings. The number of aryl methyl sites for hydroxylation is 2. The minimum absolute atomic E-state index is 0.299. The van der Waals surface area contributed by atoms with E-state index in [0.29, 0.717) is 6.61 Å². The molecule has 4 nitrogen and oxygen atoms in total. The maximum absolute atomic E-state index is 8.76. The Hall–Kier alpha value is -0.870. The third-order valence-corrected chi connectivity index (χ3v) is 3.70. The molecule has 0 spiro atoms. The van der Waals surface area contributed by atoms with Crippen molar-refractivity contribution < 1.29 is 5.11 Å². The Kier molecular flexibility index (Phi) is 4.78. The van der Waals surface area contributed by atoms with E-state index in [1.165, 1.54) is 24.1 Å². The Labute approximate surface area is 109 Å². The van der Waals surface area contributed by atoms with Gasteiger partial charge >= 0.3 is 0 Å². The summed E-state index contributed by atoms with van der Waals surface area (Å²) < 4.78 is 2.12. The molecule has 2 rings (SSSR count). The van der Waals surface area contributed by atoms with Gasteiger partial charge in [-0.25, -0.2) is 0 Å². The second-order valence-corrected chi connectivity index (χ2v) is 5.31. The van der Waals surface area contributed by atoms with Crippen LogP contribution < -0.4 is 5.32 Å². The van der Waals surface area contributed by atoms with Crippen LogP contribution in [0.5, 0.6) is 0 Å². The summed E-state index contributed by atoms with van der Waals surface area (Å²) in [7, 11) is 0. The van der Waals surface area contributed by atoms with Crippen LogP contribution in [-0.4, -0.2) is 27.5 Å². The fraction of sp³-hybridized carbons (Fsp3) is 0.786. The molecule has 4 heteroatoms. The molecular formula is C14H25N3O. The van der Waals surface area contributed by atoms with Gasteiger partial charge in [-0.3, -0.25) is 4.68 Å². The highest BCUT2D eigenvalue weighted by Gasteiger charge is 2.21. The Bertz CT molecular complexity index is 383. The van der Waals surface area contributed by atoms with E-state index < -0.39 is 0 Å². The Morgan fingerprint density at radius 1 is 1.28 bits per heavy atom. The minimum atomic E-state index is 0.299. The number of nitrogens with zero attached hydrogens (tertiary/aromatic N) is 2. The fourth-order valence-corrected chi connectivity index (χ4v) is 2.29. The minimum Gasteiger partial charge on any atom is -0.396 e. The van der Waals surface area contributed by atoms with Crippen LogP contribution in [0.3, 0.4) is 0 Å². The third kappa shape index (κ3) is 3.56. The van der Waals surface area contributed by atoms with E-state index in [2.05, 4.69) is 28.9 Å². The number of hydrogen-bond donors (Lipinski definition) is 2. The molecule has 0 atom stereocenters. The first-order valence-corrected chi connectivity index (χ1v) is 7.09. The number of aliphatic hydroxyl groups excluding tert-OH is 1. The maximum atomic E-state index is 8.76. The van der Waals surface area contributed by atoms with Crippen LogP contribution in [0.25, 0.3) is 0 Å². The van der Waals surface area contributed by atoms with Gasteiger partial charge in [-0.2, -0.15) is 5.10 Å².